The number of hydrogen-bond donors (Lipinski definition) is 3. The van der Waals surface area contributed by atoms with Crippen molar-refractivity contribution < 1.29 is 19.5 Å². The van der Waals surface area contributed by atoms with Crippen LogP contribution >= 0.6 is 11.8 Å². The van der Waals surface area contributed by atoms with Crippen LogP contribution in [0.4, 0.5) is 4.79 Å². The standard InChI is InChI=1S/C17H23N3O4S/c1-25-8-7-13(11-21)18-15(22)9-14-16(23)20(17(24)19-14)10-12-5-3-2-4-6-12/h2-6,13-14,21H,7-11H2,1H3,(H,18,22)(H,19,24)/t13-,14-/m0/s1. The van der Waals surface area contributed by atoms with E-state index in [0.29, 0.717) is 6.42 Å². The minimum absolute atomic E-state index is 0.133. The van der Waals surface area contributed by atoms with Crippen LogP contribution in [0.1, 0.15) is 18.4 Å². The Morgan fingerprint density at radius 3 is 2.72 bits per heavy atom. The maximum Gasteiger partial charge on any atom is 0.325 e. The number of nitrogens with one attached hydrogen (secondary N) is 2. The fourth-order valence-electron chi connectivity index (χ4n) is 2.57. The zero-order chi connectivity index (χ0) is 18.2. The lowest BCUT2D eigenvalue weighted by atomic mass is 10.1. The Hall–Kier alpha value is -2.06. The molecule has 2 rings (SSSR count). The molecule has 4 amide bonds. The summed E-state index contributed by atoms with van der Waals surface area (Å²) in [7, 11) is 0. The van der Waals surface area contributed by atoms with E-state index in [4.69, 9.17) is 0 Å². The molecule has 1 aliphatic rings. The SMILES string of the molecule is CSCC[C@@H](CO)NC(=O)C[C@@H]1NC(=O)N(Cc2ccccc2)C1=O. The summed E-state index contributed by atoms with van der Waals surface area (Å²) in [6, 6.07) is 7.49. The number of hydrogen-bond acceptors (Lipinski definition) is 5. The zero-order valence-corrected chi connectivity index (χ0v) is 14.9. The Labute approximate surface area is 151 Å². The first kappa shape index (κ1) is 19.3. The van der Waals surface area contributed by atoms with Crippen molar-refractivity contribution in [2.75, 3.05) is 18.6 Å². The molecule has 136 valence electrons. The molecule has 3 N–H and O–H groups in total. The van der Waals surface area contributed by atoms with Crippen molar-refractivity contribution in [1.29, 1.82) is 0 Å². The highest BCUT2D eigenvalue weighted by Crippen LogP contribution is 2.14. The maximum absolute atomic E-state index is 12.4. The van der Waals surface area contributed by atoms with Crippen LogP contribution in [0.25, 0.3) is 0 Å². The van der Waals surface area contributed by atoms with E-state index in [9.17, 15) is 19.5 Å². The van der Waals surface area contributed by atoms with Crippen LogP contribution in [-0.4, -0.2) is 58.6 Å². The molecule has 0 spiro atoms. The molecule has 0 saturated carbocycles. The first-order valence-corrected chi connectivity index (χ1v) is 9.49. The molecule has 1 heterocycles. The molecule has 1 aromatic carbocycles. The Bertz CT molecular complexity index is 611. The van der Waals surface area contributed by atoms with Gasteiger partial charge in [0.15, 0.2) is 0 Å². The Balaban J connectivity index is 1.89. The van der Waals surface area contributed by atoms with E-state index in [2.05, 4.69) is 10.6 Å². The van der Waals surface area contributed by atoms with Crippen molar-refractivity contribution >= 4 is 29.6 Å². The third-order valence-corrected chi connectivity index (χ3v) is 4.58. The number of nitrogens with zero attached hydrogens (tertiary/aromatic N) is 1. The number of aliphatic hydroxyl groups is 1. The molecule has 1 fully saturated rings. The van der Waals surface area contributed by atoms with E-state index in [1.807, 2.05) is 36.6 Å². The van der Waals surface area contributed by atoms with E-state index in [0.717, 1.165) is 16.2 Å². The minimum atomic E-state index is -0.865. The van der Waals surface area contributed by atoms with Gasteiger partial charge >= 0.3 is 6.03 Å². The first-order chi connectivity index (χ1) is 12.0. The summed E-state index contributed by atoms with van der Waals surface area (Å²) in [5, 5.41) is 14.5. The van der Waals surface area contributed by atoms with Gasteiger partial charge in [-0.3, -0.25) is 14.5 Å². The molecular weight excluding hydrogens is 342 g/mol. The molecule has 0 radical (unpaired) electrons. The largest absolute Gasteiger partial charge is 0.394 e. The predicted molar refractivity (Wildman–Crippen MR) is 95.9 cm³/mol. The van der Waals surface area contributed by atoms with Gasteiger partial charge in [0.25, 0.3) is 5.91 Å². The van der Waals surface area contributed by atoms with E-state index in [1.54, 1.807) is 11.8 Å². The van der Waals surface area contributed by atoms with Crippen molar-refractivity contribution in [3.63, 3.8) is 0 Å². The number of benzene rings is 1. The minimum Gasteiger partial charge on any atom is -0.394 e. The average Bonchev–Trinajstić information content (AvgIpc) is 2.87. The second-order valence-corrected chi connectivity index (χ2v) is 6.83. The monoisotopic (exact) mass is 365 g/mol. The van der Waals surface area contributed by atoms with Gasteiger partial charge in [-0.2, -0.15) is 11.8 Å². The van der Waals surface area contributed by atoms with Crippen molar-refractivity contribution in [2.24, 2.45) is 0 Å². The van der Waals surface area contributed by atoms with Crippen molar-refractivity contribution in [2.45, 2.75) is 31.5 Å². The van der Waals surface area contributed by atoms with Crippen LogP contribution in [-0.2, 0) is 16.1 Å². The van der Waals surface area contributed by atoms with Crippen molar-refractivity contribution in [3.05, 3.63) is 35.9 Å². The van der Waals surface area contributed by atoms with E-state index >= 15 is 0 Å². The number of thioether (sulfide) groups is 1. The molecule has 2 atom stereocenters. The number of imide groups is 1. The molecule has 0 bridgehead atoms. The molecular formula is C17H23N3O4S. The number of urea groups is 1. The van der Waals surface area contributed by atoms with Gasteiger partial charge in [-0.15, -0.1) is 0 Å². The number of amides is 4. The Morgan fingerprint density at radius 2 is 2.08 bits per heavy atom. The van der Waals surface area contributed by atoms with Gasteiger partial charge in [-0.05, 0) is 24.0 Å². The average molecular weight is 365 g/mol. The number of carbonyl (C=O) groups is 3. The fourth-order valence-corrected chi connectivity index (χ4v) is 3.09. The van der Waals surface area contributed by atoms with Crippen molar-refractivity contribution in [3.8, 4) is 0 Å². The molecule has 1 saturated heterocycles. The highest BCUT2D eigenvalue weighted by atomic mass is 32.2. The molecule has 8 heteroatoms. The number of rotatable bonds is 9. The maximum atomic E-state index is 12.4. The summed E-state index contributed by atoms with van der Waals surface area (Å²) in [6.07, 6.45) is 2.46. The molecule has 25 heavy (non-hydrogen) atoms. The van der Waals surface area contributed by atoms with E-state index in [-0.39, 0.29) is 31.5 Å². The van der Waals surface area contributed by atoms with Gasteiger partial charge < -0.3 is 15.7 Å². The van der Waals surface area contributed by atoms with Crippen LogP contribution in [0, 0.1) is 0 Å². The molecule has 1 aliphatic heterocycles. The smallest absolute Gasteiger partial charge is 0.325 e. The molecule has 0 unspecified atom stereocenters. The number of aliphatic hydroxyl groups excluding tert-OH is 1. The molecule has 1 aromatic rings. The lowest BCUT2D eigenvalue weighted by molar-refractivity contribution is -0.131. The van der Waals surface area contributed by atoms with E-state index in [1.165, 1.54) is 0 Å². The van der Waals surface area contributed by atoms with Gasteiger partial charge in [0, 0.05) is 0 Å². The third kappa shape index (κ3) is 5.47. The summed E-state index contributed by atoms with van der Waals surface area (Å²) in [5.74, 6) is 0.0455. The lowest BCUT2D eigenvalue weighted by Gasteiger charge is -2.17. The van der Waals surface area contributed by atoms with Gasteiger partial charge in [-0.25, -0.2) is 4.79 Å². The summed E-state index contributed by atoms with van der Waals surface area (Å²) in [6.45, 7) is 0.0218. The topological polar surface area (TPSA) is 98.7 Å². The number of carbonyl (C=O) groups excluding carboxylic acids is 3. The van der Waals surface area contributed by atoms with Gasteiger partial charge in [-0.1, -0.05) is 30.3 Å². The second kappa shape index (κ2) is 9.43. The van der Waals surface area contributed by atoms with Crippen LogP contribution in [0.3, 0.4) is 0 Å². The molecule has 0 aromatic heterocycles. The Kier molecular flexibility index (Phi) is 7.27. The molecule has 7 nitrogen and oxygen atoms in total. The summed E-state index contributed by atoms with van der Waals surface area (Å²) < 4.78 is 0. The zero-order valence-electron chi connectivity index (χ0n) is 14.1. The van der Waals surface area contributed by atoms with Gasteiger partial charge in [0.05, 0.1) is 25.6 Å². The van der Waals surface area contributed by atoms with Crippen LogP contribution < -0.4 is 10.6 Å². The lowest BCUT2D eigenvalue weighted by Crippen LogP contribution is -2.42. The summed E-state index contributed by atoms with van der Waals surface area (Å²) >= 11 is 1.63. The quantitative estimate of drug-likeness (QED) is 0.560. The third-order valence-electron chi connectivity index (χ3n) is 3.94. The van der Waals surface area contributed by atoms with Crippen LogP contribution in [0.2, 0.25) is 0 Å². The summed E-state index contributed by atoms with van der Waals surface area (Å²) in [5.41, 5.74) is 0.841. The summed E-state index contributed by atoms with van der Waals surface area (Å²) in [4.78, 5) is 37.6. The molecule has 0 aliphatic carbocycles. The second-order valence-electron chi connectivity index (χ2n) is 5.84. The normalized spacial score (nSPS) is 18.2. The van der Waals surface area contributed by atoms with E-state index < -0.39 is 18.0 Å². The Morgan fingerprint density at radius 1 is 1.36 bits per heavy atom. The van der Waals surface area contributed by atoms with Crippen LogP contribution in [0.5, 0.6) is 0 Å². The predicted octanol–water partition coefficient (Wildman–Crippen LogP) is 0.727. The van der Waals surface area contributed by atoms with Gasteiger partial charge in [0.1, 0.15) is 6.04 Å². The van der Waals surface area contributed by atoms with Gasteiger partial charge in [0.2, 0.25) is 5.91 Å². The fraction of sp³-hybridized carbons (Fsp3) is 0.471. The first-order valence-electron chi connectivity index (χ1n) is 8.10. The van der Waals surface area contributed by atoms with Crippen molar-refractivity contribution in [1.82, 2.24) is 15.5 Å². The van der Waals surface area contributed by atoms with Crippen LogP contribution in [0.15, 0.2) is 30.3 Å². The highest BCUT2D eigenvalue weighted by molar-refractivity contribution is 7.98. The highest BCUT2D eigenvalue weighted by Gasteiger charge is 2.39.